The Morgan fingerprint density at radius 2 is 1.41 bits per heavy atom. The molecule has 2 aliphatic heterocycles. The van der Waals surface area contributed by atoms with Crippen molar-refractivity contribution in [2.24, 2.45) is 0 Å². The number of fused-ring (bicyclic) bond motifs is 2. The van der Waals surface area contributed by atoms with Crippen molar-refractivity contribution < 1.29 is 35.8 Å². The SMILES string of the molecule is CC=CP(OS(=O)(=O)ON1C(=O)N2C[C@H]1C(=O)C[C@H]2CNC(=O)OC(C)(C)C)(c1ccccc1)(c1ccccc1)c1ccccc1. The van der Waals surface area contributed by atoms with Crippen molar-refractivity contribution in [2.75, 3.05) is 13.1 Å². The molecule has 46 heavy (non-hydrogen) atoms. The molecule has 3 amide bonds. The molecule has 2 fully saturated rings. The molecule has 1 N–H and O–H groups in total. The van der Waals surface area contributed by atoms with Crippen molar-refractivity contribution in [3.63, 3.8) is 0 Å². The van der Waals surface area contributed by atoms with Crippen LogP contribution in [0, 0.1) is 0 Å². The molecule has 11 nitrogen and oxygen atoms in total. The van der Waals surface area contributed by atoms with E-state index in [9.17, 15) is 22.8 Å². The van der Waals surface area contributed by atoms with Gasteiger partial charge in [-0.3, -0.25) is 0 Å². The molecule has 3 aromatic carbocycles. The van der Waals surface area contributed by atoms with Gasteiger partial charge in [0, 0.05) is 0 Å². The van der Waals surface area contributed by atoms with Crippen LogP contribution in [0.1, 0.15) is 34.1 Å². The summed E-state index contributed by atoms with van der Waals surface area (Å²) in [6, 6.07) is 24.4. The van der Waals surface area contributed by atoms with E-state index in [0.717, 1.165) is 0 Å². The zero-order valence-corrected chi connectivity index (χ0v) is 27.8. The molecule has 5 rings (SSSR count). The maximum absolute atomic E-state index is 14.2. The first kappa shape index (κ1) is 33.3. The summed E-state index contributed by atoms with van der Waals surface area (Å²) in [7, 11) is -5.06. The number of nitrogens with one attached hydrogen (secondary N) is 1. The van der Waals surface area contributed by atoms with E-state index < -0.39 is 52.8 Å². The molecule has 3 aromatic rings. The number of urea groups is 1. The van der Waals surface area contributed by atoms with Crippen LogP contribution >= 0.6 is 6.83 Å². The van der Waals surface area contributed by atoms with Crippen molar-refractivity contribution in [1.29, 1.82) is 0 Å². The van der Waals surface area contributed by atoms with Crippen LogP contribution in [0.15, 0.2) is 103 Å². The Labute approximate surface area is 269 Å². The van der Waals surface area contributed by atoms with E-state index in [2.05, 4.69) is 5.32 Å². The van der Waals surface area contributed by atoms with Crippen molar-refractivity contribution in [3.8, 4) is 0 Å². The topological polar surface area (TPSA) is 132 Å². The quantitative estimate of drug-likeness (QED) is 0.320. The molecule has 2 heterocycles. The molecule has 2 atom stereocenters. The second kappa shape index (κ2) is 12.6. The number of rotatable bonds is 10. The number of hydrogen-bond donors (Lipinski definition) is 1. The fourth-order valence-corrected chi connectivity index (χ4v) is 13.5. The van der Waals surface area contributed by atoms with Crippen LogP contribution in [0.2, 0.25) is 0 Å². The Hall–Kier alpha value is -4.09. The second-order valence-corrected chi connectivity index (χ2v) is 17.7. The summed E-state index contributed by atoms with van der Waals surface area (Å²) in [6.07, 6.45) is 0.936. The van der Waals surface area contributed by atoms with Crippen molar-refractivity contribution in [1.82, 2.24) is 15.3 Å². The summed E-state index contributed by atoms with van der Waals surface area (Å²) in [5, 5.41) is 4.90. The van der Waals surface area contributed by atoms with Gasteiger partial charge in [0.25, 0.3) is 0 Å². The van der Waals surface area contributed by atoms with Gasteiger partial charge in [-0.05, 0) is 20.8 Å². The van der Waals surface area contributed by atoms with Crippen LogP contribution < -0.4 is 21.2 Å². The summed E-state index contributed by atoms with van der Waals surface area (Å²) in [6.45, 7) is 2.22. The number of ketones is 1. The number of piperidine rings is 1. The number of alkyl carbamates (subject to hydrolysis) is 1. The first-order valence-electron chi connectivity index (χ1n) is 14.9. The Morgan fingerprint density at radius 1 is 0.913 bits per heavy atom. The van der Waals surface area contributed by atoms with E-state index in [1.54, 1.807) is 112 Å². The molecule has 0 saturated carbocycles. The van der Waals surface area contributed by atoms with Crippen LogP contribution in [0.5, 0.6) is 0 Å². The minimum absolute atomic E-state index is 0.0653. The first-order chi connectivity index (χ1) is 21.8. The van der Waals surface area contributed by atoms with Gasteiger partial charge in [0.05, 0.1) is 0 Å². The first-order valence-corrected chi connectivity index (χ1v) is 18.4. The summed E-state index contributed by atoms with van der Waals surface area (Å²) in [5.41, 5.74) is -0.734. The van der Waals surface area contributed by atoms with Crippen LogP contribution in [0.4, 0.5) is 9.59 Å². The average Bonchev–Trinajstić information content (AvgIpc) is 3.30. The fourth-order valence-electron chi connectivity index (χ4n) is 6.01. The number of hydroxylamine groups is 2. The Morgan fingerprint density at radius 3 is 1.87 bits per heavy atom. The molecule has 0 spiro atoms. The van der Waals surface area contributed by atoms with E-state index in [0.29, 0.717) is 21.0 Å². The molecular formula is C33H38N3O8PS. The predicted molar refractivity (Wildman–Crippen MR) is 176 cm³/mol. The summed E-state index contributed by atoms with van der Waals surface area (Å²) >= 11 is 0. The van der Waals surface area contributed by atoms with Crippen molar-refractivity contribution >= 4 is 51.1 Å². The van der Waals surface area contributed by atoms with E-state index in [1.807, 2.05) is 18.2 Å². The standard InChI is InChI=1S/C33H38N3O8PS/c1-5-21-45(26-15-9-6-10-16-26,27-17-11-7-12-18-27,28-19-13-8-14-20-28)44-46(40,41)43-36-29-24-35(32(36)39)25(22-30(29)37)23-34-31(38)42-33(2,3)4/h5-21,25,29H,22-24H2,1-4H3,(H,34,38)/t25-,29-/m0/s1. The number of hydrogen-bond acceptors (Lipinski definition) is 8. The molecular weight excluding hydrogens is 629 g/mol. The number of Topliss-reactive ketones (excluding diaryl/α,β-unsaturated/α-hetero) is 1. The normalized spacial score (nSPS) is 19.6. The van der Waals surface area contributed by atoms with E-state index in [4.69, 9.17) is 13.0 Å². The van der Waals surface area contributed by atoms with Gasteiger partial charge >= 0.3 is 249 Å². The zero-order valence-electron chi connectivity index (χ0n) is 26.1. The van der Waals surface area contributed by atoms with Crippen LogP contribution in [-0.2, 0) is 28.2 Å². The van der Waals surface area contributed by atoms with E-state index in [-0.39, 0.29) is 19.5 Å². The molecule has 0 radical (unpaired) electrons. The molecule has 0 unspecified atom stereocenters. The van der Waals surface area contributed by atoms with Gasteiger partial charge in [-0.2, -0.15) is 0 Å². The third kappa shape index (κ3) is 6.18. The van der Waals surface area contributed by atoms with Crippen LogP contribution in [0.25, 0.3) is 0 Å². The maximum atomic E-state index is 14.2. The molecule has 2 saturated heterocycles. The van der Waals surface area contributed by atoms with Gasteiger partial charge in [0.15, 0.2) is 0 Å². The Kier molecular flexibility index (Phi) is 9.12. The van der Waals surface area contributed by atoms with Crippen LogP contribution in [-0.4, -0.2) is 67.1 Å². The third-order valence-electron chi connectivity index (χ3n) is 7.87. The zero-order chi connectivity index (χ0) is 33.2. The van der Waals surface area contributed by atoms with Crippen LogP contribution in [0.3, 0.4) is 0 Å². The number of ether oxygens (including phenoxy) is 1. The number of amides is 3. The van der Waals surface area contributed by atoms with Gasteiger partial charge in [-0.25, -0.2) is 0 Å². The Balaban J connectivity index is 1.53. The number of benzene rings is 3. The molecule has 2 bridgehead atoms. The molecule has 244 valence electrons. The van der Waals surface area contributed by atoms with Gasteiger partial charge in [0.1, 0.15) is 0 Å². The summed E-state index contributed by atoms with van der Waals surface area (Å²) in [4.78, 5) is 40.3. The van der Waals surface area contributed by atoms with Gasteiger partial charge in [0.2, 0.25) is 0 Å². The van der Waals surface area contributed by atoms with Crippen molar-refractivity contribution in [3.05, 3.63) is 103 Å². The second-order valence-electron chi connectivity index (χ2n) is 12.1. The molecule has 0 aromatic heterocycles. The number of nitrogens with zero attached hydrogens (tertiary/aromatic N) is 2. The molecule has 2 aliphatic rings. The van der Waals surface area contributed by atoms with E-state index in [1.165, 1.54) is 4.90 Å². The minimum atomic E-state index is -5.06. The van der Waals surface area contributed by atoms with Gasteiger partial charge < -0.3 is 0 Å². The molecule has 0 aliphatic carbocycles. The van der Waals surface area contributed by atoms with Gasteiger partial charge in [-0.15, -0.1) is 0 Å². The van der Waals surface area contributed by atoms with E-state index >= 15 is 0 Å². The molecule has 13 heteroatoms. The average molecular weight is 668 g/mol. The Bertz CT molecular complexity index is 1630. The summed E-state index contributed by atoms with van der Waals surface area (Å²) < 4.78 is 45.7. The predicted octanol–water partition coefficient (Wildman–Crippen LogP) is 4.13. The fraction of sp³-hybridized carbons (Fsp3) is 0.303. The summed E-state index contributed by atoms with van der Waals surface area (Å²) in [5.74, 6) is 1.36. The third-order valence-corrected chi connectivity index (χ3v) is 15.0. The number of carbonyl (C=O) groups is 3. The monoisotopic (exact) mass is 667 g/mol. The van der Waals surface area contributed by atoms with Gasteiger partial charge in [-0.1, -0.05) is 0 Å². The van der Waals surface area contributed by atoms with Crippen molar-refractivity contribution in [2.45, 2.75) is 51.8 Å². The number of allylic oxidation sites excluding steroid dienone is 1. The number of carbonyl (C=O) groups excluding carboxylic acids is 3.